The molecule has 84 valence electrons. The van der Waals surface area contributed by atoms with Gasteiger partial charge in [-0.25, -0.2) is 4.39 Å². The number of aryl methyl sites for hydroxylation is 1. The lowest BCUT2D eigenvalue weighted by Gasteiger charge is -1.97. The standard InChI is InChI=1S/C12H13FN2O/c1-8(14-16-3)11-7-15(2)12-6-9(13)4-5-10(11)12/h4-7H,1-3H3. The molecule has 1 aromatic carbocycles. The van der Waals surface area contributed by atoms with Gasteiger partial charge in [0.25, 0.3) is 0 Å². The zero-order valence-electron chi connectivity index (χ0n) is 9.49. The van der Waals surface area contributed by atoms with Crippen molar-refractivity contribution in [1.82, 2.24) is 4.57 Å². The molecule has 0 amide bonds. The lowest BCUT2D eigenvalue weighted by atomic mass is 10.1. The van der Waals surface area contributed by atoms with Gasteiger partial charge in [0.2, 0.25) is 0 Å². The fraction of sp³-hybridized carbons (Fsp3) is 0.250. The number of aromatic nitrogens is 1. The summed E-state index contributed by atoms with van der Waals surface area (Å²) < 4.78 is 15.0. The summed E-state index contributed by atoms with van der Waals surface area (Å²) >= 11 is 0. The SMILES string of the molecule is CON=C(C)c1cn(C)c2cc(F)ccc12. The van der Waals surface area contributed by atoms with Gasteiger partial charge in [-0.1, -0.05) is 5.16 Å². The molecule has 0 fully saturated rings. The van der Waals surface area contributed by atoms with Crippen molar-refractivity contribution >= 4 is 16.6 Å². The molecule has 0 N–H and O–H groups in total. The van der Waals surface area contributed by atoms with Crippen LogP contribution in [0.3, 0.4) is 0 Å². The summed E-state index contributed by atoms with van der Waals surface area (Å²) in [5.74, 6) is -0.235. The van der Waals surface area contributed by atoms with Crippen LogP contribution in [0, 0.1) is 5.82 Å². The van der Waals surface area contributed by atoms with E-state index in [-0.39, 0.29) is 5.82 Å². The second kappa shape index (κ2) is 3.96. The van der Waals surface area contributed by atoms with Crippen LogP contribution in [0.5, 0.6) is 0 Å². The van der Waals surface area contributed by atoms with Crippen molar-refractivity contribution in [2.45, 2.75) is 6.92 Å². The van der Waals surface area contributed by atoms with Crippen LogP contribution in [0.25, 0.3) is 10.9 Å². The number of nitrogens with zero attached hydrogens (tertiary/aromatic N) is 2. The van der Waals surface area contributed by atoms with E-state index in [9.17, 15) is 4.39 Å². The highest BCUT2D eigenvalue weighted by Crippen LogP contribution is 2.22. The molecule has 1 aromatic heterocycles. The molecule has 0 unspecified atom stereocenters. The Labute approximate surface area is 93.1 Å². The summed E-state index contributed by atoms with van der Waals surface area (Å²) in [6.07, 6.45) is 1.92. The second-order valence-electron chi connectivity index (χ2n) is 3.67. The van der Waals surface area contributed by atoms with E-state index in [4.69, 9.17) is 4.84 Å². The Bertz CT molecular complexity index is 557. The molecule has 2 rings (SSSR count). The summed E-state index contributed by atoms with van der Waals surface area (Å²) in [6.45, 7) is 1.86. The van der Waals surface area contributed by atoms with Crippen molar-refractivity contribution in [2.24, 2.45) is 12.2 Å². The topological polar surface area (TPSA) is 26.5 Å². The molecule has 0 saturated heterocycles. The average Bonchev–Trinajstić information content (AvgIpc) is 2.56. The van der Waals surface area contributed by atoms with Gasteiger partial charge in [0.1, 0.15) is 12.9 Å². The zero-order valence-corrected chi connectivity index (χ0v) is 9.49. The molecule has 0 aliphatic heterocycles. The fourth-order valence-corrected chi connectivity index (χ4v) is 1.83. The Balaban J connectivity index is 2.68. The first-order valence-electron chi connectivity index (χ1n) is 4.96. The van der Waals surface area contributed by atoms with Crippen LogP contribution in [0.2, 0.25) is 0 Å². The van der Waals surface area contributed by atoms with E-state index in [1.165, 1.54) is 19.2 Å². The van der Waals surface area contributed by atoms with Gasteiger partial charge in [-0.15, -0.1) is 0 Å². The number of hydrogen-bond acceptors (Lipinski definition) is 2. The van der Waals surface area contributed by atoms with Gasteiger partial charge < -0.3 is 9.40 Å². The first-order chi connectivity index (χ1) is 7.63. The van der Waals surface area contributed by atoms with Crippen molar-refractivity contribution in [3.05, 3.63) is 35.8 Å². The number of halogens is 1. The van der Waals surface area contributed by atoms with Crippen LogP contribution in [0.1, 0.15) is 12.5 Å². The molecule has 0 aliphatic carbocycles. The third-order valence-electron chi connectivity index (χ3n) is 2.57. The third kappa shape index (κ3) is 1.66. The van der Waals surface area contributed by atoms with E-state index in [0.29, 0.717) is 0 Å². The molecule has 0 bridgehead atoms. The highest BCUT2D eigenvalue weighted by Gasteiger charge is 2.09. The van der Waals surface area contributed by atoms with E-state index < -0.39 is 0 Å². The largest absolute Gasteiger partial charge is 0.399 e. The van der Waals surface area contributed by atoms with E-state index in [0.717, 1.165) is 22.2 Å². The minimum absolute atomic E-state index is 0.235. The zero-order chi connectivity index (χ0) is 11.7. The predicted octanol–water partition coefficient (Wildman–Crippen LogP) is 2.69. The van der Waals surface area contributed by atoms with Gasteiger partial charge >= 0.3 is 0 Å². The van der Waals surface area contributed by atoms with Crippen LogP contribution in [0.15, 0.2) is 29.6 Å². The Morgan fingerprint density at radius 1 is 1.44 bits per heavy atom. The molecule has 1 heterocycles. The maximum Gasteiger partial charge on any atom is 0.125 e. The molecule has 0 aliphatic rings. The lowest BCUT2D eigenvalue weighted by Crippen LogP contribution is -1.93. The van der Waals surface area contributed by atoms with Crippen LogP contribution in [0.4, 0.5) is 4.39 Å². The van der Waals surface area contributed by atoms with Gasteiger partial charge in [0, 0.05) is 24.2 Å². The van der Waals surface area contributed by atoms with Crippen LogP contribution >= 0.6 is 0 Å². The summed E-state index contributed by atoms with van der Waals surface area (Å²) in [5.41, 5.74) is 2.58. The molecule has 16 heavy (non-hydrogen) atoms. The smallest absolute Gasteiger partial charge is 0.125 e. The first-order valence-corrected chi connectivity index (χ1v) is 4.96. The average molecular weight is 220 g/mol. The van der Waals surface area contributed by atoms with Gasteiger partial charge in [0.15, 0.2) is 0 Å². The third-order valence-corrected chi connectivity index (χ3v) is 2.57. The normalized spacial score (nSPS) is 12.1. The molecular formula is C12H13FN2O. The predicted molar refractivity (Wildman–Crippen MR) is 62.1 cm³/mol. The van der Waals surface area contributed by atoms with Crippen molar-refractivity contribution in [3.63, 3.8) is 0 Å². The van der Waals surface area contributed by atoms with E-state index in [1.807, 2.05) is 24.7 Å². The maximum absolute atomic E-state index is 13.1. The lowest BCUT2D eigenvalue weighted by molar-refractivity contribution is 0.213. The van der Waals surface area contributed by atoms with Gasteiger partial charge in [0.05, 0.1) is 11.2 Å². The first kappa shape index (κ1) is 10.7. The van der Waals surface area contributed by atoms with E-state index in [2.05, 4.69) is 5.16 Å². The summed E-state index contributed by atoms with van der Waals surface area (Å²) in [7, 11) is 3.39. The Morgan fingerprint density at radius 3 is 2.88 bits per heavy atom. The number of fused-ring (bicyclic) bond motifs is 1. The maximum atomic E-state index is 13.1. The van der Waals surface area contributed by atoms with Crippen molar-refractivity contribution in [3.8, 4) is 0 Å². The van der Waals surface area contributed by atoms with Gasteiger partial charge in [-0.05, 0) is 25.1 Å². The van der Waals surface area contributed by atoms with E-state index >= 15 is 0 Å². The molecule has 0 atom stereocenters. The quantitative estimate of drug-likeness (QED) is 0.564. The van der Waals surface area contributed by atoms with Gasteiger partial charge in [-0.2, -0.15) is 0 Å². The second-order valence-corrected chi connectivity index (χ2v) is 3.67. The minimum Gasteiger partial charge on any atom is -0.399 e. The molecular weight excluding hydrogens is 207 g/mol. The number of rotatable bonds is 2. The number of hydrogen-bond donors (Lipinski definition) is 0. The molecule has 0 saturated carbocycles. The highest BCUT2D eigenvalue weighted by atomic mass is 19.1. The molecule has 4 heteroatoms. The van der Waals surface area contributed by atoms with Crippen LogP contribution in [-0.2, 0) is 11.9 Å². The van der Waals surface area contributed by atoms with E-state index in [1.54, 1.807) is 6.07 Å². The molecule has 0 spiro atoms. The Hall–Kier alpha value is -1.84. The minimum atomic E-state index is -0.235. The molecule has 2 aromatic rings. The van der Waals surface area contributed by atoms with Crippen LogP contribution < -0.4 is 0 Å². The highest BCUT2D eigenvalue weighted by molar-refractivity contribution is 6.09. The number of benzene rings is 1. The van der Waals surface area contributed by atoms with Crippen LogP contribution in [-0.4, -0.2) is 17.4 Å². The monoisotopic (exact) mass is 220 g/mol. The Morgan fingerprint density at radius 2 is 2.19 bits per heavy atom. The Kier molecular flexibility index (Phi) is 2.64. The van der Waals surface area contributed by atoms with Gasteiger partial charge in [-0.3, -0.25) is 0 Å². The summed E-state index contributed by atoms with van der Waals surface area (Å²) in [4.78, 5) is 4.74. The van der Waals surface area contributed by atoms with Crippen molar-refractivity contribution in [2.75, 3.05) is 7.11 Å². The van der Waals surface area contributed by atoms with Crippen molar-refractivity contribution < 1.29 is 9.23 Å². The molecule has 0 radical (unpaired) electrons. The molecule has 3 nitrogen and oxygen atoms in total. The summed E-state index contributed by atoms with van der Waals surface area (Å²) in [5, 5.41) is 4.86. The summed E-state index contributed by atoms with van der Waals surface area (Å²) in [6, 6.07) is 4.72. The number of oxime groups is 1. The van der Waals surface area contributed by atoms with Crippen molar-refractivity contribution in [1.29, 1.82) is 0 Å². The fourth-order valence-electron chi connectivity index (χ4n) is 1.83.